The molecule has 1 aliphatic rings. The molecule has 0 aromatic heterocycles. The maximum Gasteiger partial charge on any atom is 0.142 e. The fourth-order valence-electron chi connectivity index (χ4n) is 3.66. The zero-order valence-corrected chi connectivity index (χ0v) is 13.2. The largest absolute Gasteiger partial charge is 0.495 e. The maximum absolute atomic E-state index is 6.13. The predicted octanol–water partition coefficient (Wildman–Crippen LogP) is 3.87. The number of fused-ring (bicyclic) bond motifs is 3. The van der Waals surface area contributed by atoms with Gasteiger partial charge >= 0.3 is 0 Å². The van der Waals surface area contributed by atoms with Crippen molar-refractivity contribution in [2.45, 2.75) is 12.6 Å². The first-order valence-electron chi connectivity index (χ1n) is 7.93. The molecule has 1 heterocycles. The molecule has 0 fully saturated rings. The lowest BCUT2D eigenvalue weighted by atomic mass is 9.98. The minimum Gasteiger partial charge on any atom is -0.495 e. The van der Waals surface area contributed by atoms with Gasteiger partial charge in [-0.1, -0.05) is 48.5 Å². The van der Waals surface area contributed by atoms with Crippen LogP contribution in [0.5, 0.6) is 5.75 Å². The van der Waals surface area contributed by atoms with E-state index in [0.29, 0.717) is 6.54 Å². The van der Waals surface area contributed by atoms with Gasteiger partial charge in [0.2, 0.25) is 0 Å². The molecule has 3 heteroatoms. The lowest BCUT2D eigenvalue weighted by Gasteiger charge is -2.27. The van der Waals surface area contributed by atoms with E-state index in [-0.39, 0.29) is 6.04 Å². The number of hydrogen-bond donors (Lipinski definition) is 1. The fourth-order valence-corrected chi connectivity index (χ4v) is 3.66. The quantitative estimate of drug-likeness (QED) is 0.798. The summed E-state index contributed by atoms with van der Waals surface area (Å²) in [4.78, 5) is 2.36. The van der Waals surface area contributed by atoms with Gasteiger partial charge in [0.15, 0.2) is 0 Å². The molecule has 0 saturated heterocycles. The summed E-state index contributed by atoms with van der Waals surface area (Å²) in [6.07, 6.45) is 0. The molecule has 1 atom stereocenters. The van der Waals surface area contributed by atoms with Crippen molar-refractivity contribution in [3.63, 3.8) is 0 Å². The van der Waals surface area contributed by atoms with Crippen LogP contribution in [-0.4, -0.2) is 13.7 Å². The van der Waals surface area contributed by atoms with E-state index in [1.165, 1.54) is 21.9 Å². The molecule has 23 heavy (non-hydrogen) atoms. The summed E-state index contributed by atoms with van der Waals surface area (Å²) in [7, 11) is 1.72. The Hall–Kier alpha value is -2.52. The van der Waals surface area contributed by atoms with Crippen LogP contribution >= 0.6 is 0 Å². The first-order chi connectivity index (χ1) is 11.3. The first-order valence-corrected chi connectivity index (χ1v) is 7.93. The number of rotatable bonds is 3. The third-order valence-corrected chi connectivity index (χ3v) is 4.76. The summed E-state index contributed by atoms with van der Waals surface area (Å²) in [5.74, 6) is 0.892. The van der Waals surface area contributed by atoms with Crippen LogP contribution in [0.2, 0.25) is 0 Å². The summed E-state index contributed by atoms with van der Waals surface area (Å²) >= 11 is 0. The van der Waals surface area contributed by atoms with E-state index in [1.54, 1.807) is 7.11 Å². The molecule has 4 rings (SSSR count). The minimum atomic E-state index is 0.186. The first kappa shape index (κ1) is 14.1. The van der Waals surface area contributed by atoms with Crippen molar-refractivity contribution >= 4 is 16.5 Å². The summed E-state index contributed by atoms with van der Waals surface area (Å²) in [6, 6.07) is 21.3. The molecule has 0 radical (unpaired) electrons. The highest BCUT2D eigenvalue weighted by atomic mass is 16.5. The van der Waals surface area contributed by atoms with E-state index in [0.717, 1.165) is 18.0 Å². The molecular formula is C20H20N2O. The van der Waals surface area contributed by atoms with Crippen molar-refractivity contribution in [3.05, 3.63) is 71.8 Å². The average Bonchev–Trinajstić information content (AvgIpc) is 3.00. The van der Waals surface area contributed by atoms with Gasteiger partial charge in [0.25, 0.3) is 0 Å². The number of methoxy groups -OCH3 is 1. The van der Waals surface area contributed by atoms with Crippen LogP contribution in [0.1, 0.15) is 17.2 Å². The SMILES string of the molecule is COc1ccccc1N1Cc2c(ccc3ccccc23)C1CN. The van der Waals surface area contributed by atoms with Crippen molar-refractivity contribution in [1.29, 1.82) is 0 Å². The van der Waals surface area contributed by atoms with Crippen LogP contribution in [0, 0.1) is 0 Å². The molecule has 3 aromatic rings. The third kappa shape index (κ3) is 2.16. The van der Waals surface area contributed by atoms with Crippen LogP contribution < -0.4 is 15.4 Å². The molecule has 0 aliphatic carbocycles. The molecule has 116 valence electrons. The Balaban J connectivity index is 1.87. The Morgan fingerprint density at radius 2 is 1.83 bits per heavy atom. The van der Waals surface area contributed by atoms with Crippen LogP contribution in [0.15, 0.2) is 60.7 Å². The number of anilines is 1. The number of hydrogen-bond acceptors (Lipinski definition) is 3. The van der Waals surface area contributed by atoms with E-state index in [4.69, 9.17) is 10.5 Å². The highest BCUT2D eigenvalue weighted by molar-refractivity contribution is 5.88. The van der Waals surface area contributed by atoms with Crippen LogP contribution in [-0.2, 0) is 6.54 Å². The Labute approximate surface area is 136 Å². The van der Waals surface area contributed by atoms with E-state index in [9.17, 15) is 0 Å². The molecule has 3 nitrogen and oxygen atoms in total. The van der Waals surface area contributed by atoms with Crippen LogP contribution in [0.4, 0.5) is 5.69 Å². The Kier molecular flexibility index (Phi) is 3.43. The van der Waals surface area contributed by atoms with Crippen LogP contribution in [0.25, 0.3) is 10.8 Å². The van der Waals surface area contributed by atoms with Gasteiger partial charge in [0, 0.05) is 13.1 Å². The lowest BCUT2D eigenvalue weighted by Crippen LogP contribution is -2.27. The molecule has 0 spiro atoms. The van der Waals surface area contributed by atoms with E-state index < -0.39 is 0 Å². The van der Waals surface area contributed by atoms with Gasteiger partial charge in [-0.3, -0.25) is 0 Å². The highest BCUT2D eigenvalue weighted by Crippen LogP contribution is 2.43. The Bertz CT molecular complexity index is 859. The average molecular weight is 304 g/mol. The van der Waals surface area contributed by atoms with Gasteiger partial charge in [-0.15, -0.1) is 0 Å². The fraction of sp³-hybridized carbons (Fsp3) is 0.200. The van der Waals surface area contributed by atoms with Gasteiger partial charge in [0.1, 0.15) is 5.75 Å². The second-order valence-electron chi connectivity index (χ2n) is 5.91. The van der Waals surface area contributed by atoms with Gasteiger partial charge in [-0.05, 0) is 34.0 Å². The normalized spacial score (nSPS) is 16.6. The Morgan fingerprint density at radius 1 is 1.04 bits per heavy atom. The van der Waals surface area contributed by atoms with Crippen molar-refractivity contribution in [2.24, 2.45) is 5.73 Å². The zero-order valence-electron chi connectivity index (χ0n) is 13.2. The van der Waals surface area contributed by atoms with Crippen molar-refractivity contribution in [1.82, 2.24) is 0 Å². The van der Waals surface area contributed by atoms with Gasteiger partial charge < -0.3 is 15.4 Å². The molecule has 3 aromatic carbocycles. The molecule has 0 saturated carbocycles. The Morgan fingerprint density at radius 3 is 2.65 bits per heavy atom. The van der Waals surface area contributed by atoms with Gasteiger partial charge in [-0.2, -0.15) is 0 Å². The molecule has 1 unspecified atom stereocenters. The van der Waals surface area contributed by atoms with Crippen molar-refractivity contribution < 1.29 is 4.74 Å². The number of nitrogens with zero attached hydrogens (tertiary/aromatic N) is 1. The zero-order chi connectivity index (χ0) is 15.8. The van der Waals surface area contributed by atoms with E-state index in [2.05, 4.69) is 47.4 Å². The minimum absolute atomic E-state index is 0.186. The monoisotopic (exact) mass is 304 g/mol. The maximum atomic E-state index is 6.13. The molecular weight excluding hydrogens is 284 g/mol. The van der Waals surface area contributed by atoms with Crippen molar-refractivity contribution in [3.8, 4) is 5.75 Å². The molecule has 2 N–H and O–H groups in total. The van der Waals surface area contributed by atoms with Gasteiger partial charge in [-0.25, -0.2) is 0 Å². The summed E-state index contributed by atoms with van der Waals surface area (Å²) < 4.78 is 5.55. The topological polar surface area (TPSA) is 38.5 Å². The smallest absolute Gasteiger partial charge is 0.142 e. The second-order valence-corrected chi connectivity index (χ2v) is 5.91. The number of benzene rings is 3. The van der Waals surface area contributed by atoms with E-state index in [1.807, 2.05) is 18.2 Å². The summed E-state index contributed by atoms with van der Waals surface area (Å²) in [5, 5.41) is 2.60. The highest BCUT2D eigenvalue weighted by Gasteiger charge is 2.31. The molecule has 0 bridgehead atoms. The van der Waals surface area contributed by atoms with Gasteiger partial charge in [0.05, 0.1) is 18.8 Å². The number of para-hydroxylation sites is 2. The molecule has 1 aliphatic heterocycles. The third-order valence-electron chi connectivity index (χ3n) is 4.76. The van der Waals surface area contributed by atoms with E-state index >= 15 is 0 Å². The lowest BCUT2D eigenvalue weighted by molar-refractivity contribution is 0.413. The summed E-state index contributed by atoms with van der Waals surface area (Å²) in [5.41, 5.74) is 9.94. The molecule has 0 amide bonds. The number of nitrogens with two attached hydrogens (primary N) is 1. The van der Waals surface area contributed by atoms with Crippen LogP contribution in [0.3, 0.4) is 0 Å². The second kappa shape index (κ2) is 5.60. The number of ether oxygens (including phenoxy) is 1. The standard InChI is InChI=1S/C20H20N2O/c1-23-20-9-5-4-8-18(20)22-13-17-15-7-3-2-6-14(15)10-11-16(17)19(22)12-21/h2-11,19H,12-13,21H2,1H3. The summed E-state index contributed by atoms with van der Waals surface area (Å²) in [6.45, 7) is 1.45. The van der Waals surface area contributed by atoms with Crippen molar-refractivity contribution in [2.75, 3.05) is 18.6 Å². The predicted molar refractivity (Wildman–Crippen MR) is 94.9 cm³/mol.